The van der Waals surface area contributed by atoms with E-state index in [1.807, 2.05) is 50.2 Å². The lowest BCUT2D eigenvalue weighted by molar-refractivity contribution is -0.385. The number of benzene rings is 2. The first-order chi connectivity index (χ1) is 12.5. The minimum atomic E-state index is -0.358. The monoisotopic (exact) mass is 373 g/mol. The maximum Gasteiger partial charge on any atom is 0.305 e. The number of hydrogen-bond acceptors (Lipinski definition) is 5. The van der Waals surface area contributed by atoms with Crippen LogP contribution in [0.2, 0.25) is 0 Å². The van der Waals surface area contributed by atoms with E-state index in [0.717, 1.165) is 15.4 Å². The molecule has 2 aromatic carbocycles. The topological polar surface area (TPSA) is 69.4 Å². The number of esters is 1. The third-order valence-electron chi connectivity index (χ3n) is 4.07. The van der Waals surface area contributed by atoms with Crippen molar-refractivity contribution < 1.29 is 14.5 Å². The van der Waals surface area contributed by atoms with Crippen molar-refractivity contribution in [3.63, 3.8) is 0 Å². The molecule has 0 radical (unpaired) electrons. The quantitative estimate of drug-likeness (QED) is 0.354. The van der Waals surface area contributed by atoms with Crippen molar-refractivity contribution in [2.75, 3.05) is 6.61 Å². The van der Waals surface area contributed by atoms with Crippen LogP contribution in [-0.2, 0) is 16.0 Å². The van der Waals surface area contributed by atoms with E-state index < -0.39 is 0 Å². The number of nitro groups is 1. The van der Waals surface area contributed by atoms with Crippen molar-refractivity contribution in [2.24, 2.45) is 0 Å². The van der Waals surface area contributed by atoms with Gasteiger partial charge >= 0.3 is 5.97 Å². The highest BCUT2D eigenvalue weighted by Gasteiger charge is 2.23. The summed E-state index contributed by atoms with van der Waals surface area (Å²) in [6.07, 6.45) is 0.994. The Bertz CT molecular complexity index is 777. The normalized spacial score (nSPS) is 11.8. The van der Waals surface area contributed by atoms with Crippen molar-refractivity contribution in [1.82, 2.24) is 0 Å². The van der Waals surface area contributed by atoms with Crippen molar-refractivity contribution in [3.05, 3.63) is 63.7 Å². The van der Waals surface area contributed by atoms with E-state index in [1.165, 1.54) is 0 Å². The number of carbonyl (C=O) groups excluding carboxylic acids is 1. The lowest BCUT2D eigenvalue weighted by Gasteiger charge is -2.16. The van der Waals surface area contributed by atoms with Gasteiger partial charge in [0, 0.05) is 33.8 Å². The molecule has 0 saturated carbocycles. The van der Waals surface area contributed by atoms with Gasteiger partial charge in [-0.3, -0.25) is 14.9 Å². The molecular formula is C20H23NO4S. The van der Waals surface area contributed by atoms with E-state index in [0.29, 0.717) is 18.4 Å². The lowest BCUT2D eigenvalue weighted by Crippen LogP contribution is -2.11. The highest BCUT2D eigenvalue weighted by Crippen LogP contribution is 2.37. The Morgan fingerprint density at radius 2 is 1.92 bits per heavy atom. The number of nitro benzene ring substituents is 1. The molecule has 0 aliphatic heterocycles. The van der Waals surface area contributed by atoms with Gasteiger partial charge in [0.2, 0.25) is 0 Å². The molecule has 0 N–H and O–H groups in total. The molecule has 0 aliphatic carbocycles. The Labute approximate surface area is 157 Å². The van der Waals surface area contributed by atoms with Gasteiger partial charge in [0.05, 0.1) is 11.5 Å². The van der Waals surface area contributed by atoms with Crippen LogP contribution in [0.15, 0.2) is 52.3 Å². The molecule has 138 valence electrons. The first kappa shape index (κ1) is 20.0. The van der Waals surface area contributed by atoms with E-state index in [1.54, 1.807) is 24.8 Å². The predicted molar refractivity (Wildman–Crippen MR) is 103 cm³/mol. The Hall–Kier alpha value is -2.34. The summed E-state index contributed by atoms with van der Waals surface area (Å²) in [4.78, 5) is 24.7. The van der Waals surface area contributed by atoms with Gasteiger partial charge < -0.3 is 4.74 Å². The minimum absolute atomic E-state index is 0.0827. The van der Waals surface area contributed by atoms with E-state index >= 15 is 0 Å². The van der Waals surface area contributed by atoms with Crippen LogP contribution in [0.3, 0.4) is 0 Å². The zero-order chi connectivity index (χ0) is 19.1. The predicted octanol–water partition coefficient (Wildman–Crippen LogP) is 5.37. The first-order valence-corrected chi connectivity index (χ1v) is 9.47. The fraction of sp³-hybridized carbons (Fsp3) is 0.350. The highest BCUT2D eigenvalue weighted by molar-refractivity contribution is 7.99. The van der Waals surface area contributed by atoms with Crippen LogP contribution in [0.4, 0.5) is 5.69 Å². The molecule has 0 fully saturated rings. The van der Waals surface area contributed by atoms with Gasteiger partial charge in [0.1, 0.15) is 0 Å². The molecule has 2 aromatic rings. The summed E-state index contributed by atoms with van der Waals surface area (Å²) >= 11 is 1.59. The second-order valence-corrected chi connectivity index (χ2v) is 7.10. The third-order valence-corrected chi connectivity index (χ3v) is 5.18. The van der Waals surface area contributed by atoms with E-state index in [9.17, 15) is 14.9 Å². The van der Waals surface area contributed by atoms with Gasteiger partial charge in [-0.1, -0.05) is 50.7 Å². The van der Waals surface area contributed by atoms with Crippen molar-refractivity contribution in [3.8, 4) is 0 Å². The molecular weight excluding hydrogens is 350 g/mol. The zero-order valence-corrected chi connectivity index (χ0v) is 16.0. The Balaban J connectivity index is 2.39. The van der Waals surface area contributed by atoms with Gasteiger partial charge in [0.25, 0.3) is 5.69 Å². The summed E-state index contributed by atoms with van der Waals surface area (Å²) in [5.74, 6) is -0.560. The van der Waals surface area contributed by atoms with Gasteiger partial charge in [-0.2, -0.15) is 0 Å². The SMILES string of the molecule is CCC(=O)OCC(C)c1cc(Sc2ccccc2)c(CC)cc1[N+](=O)[O-]. The van der Waals surface area contributed by atoms with E-state index in [-0.39, 0.29) is 29.1 Å². The smallest absolute Gasteiger partial charge is 0.305 e. The van der Waals surface area contributed by atoms with Crippen LogP contribution in [-0.4, -0.2) is 17.5 Å². The van der Waals surface area contributed by atoms with Gasteiger partial charge in [-0.05, 0) is 30.2 Å². The molecule has 2 rings (SSSR count). The van der Waals surface area contributed by atoms with Crippen molar-refractivity contribution in [2.45, 2.75) is 49.3 Å². The average Bonchev–Trinajstić information content (AvgIpc) is 2.66. The van der Waals surface area contributed by atoms with Gasteiger partial charge in [-0.25, -0.2) is 0 Å². The number of rotatable bonds is 8. The molecule has 0 bridgehead atoms. The molecule has 1 atom stereocenters. The number of hydrogen-bond donors (Lipinski definition) is 0. The van der Waals surface area contributed by atoms with Crippen LogP contribution >= 0.6 is 11.8 Å². The lowest BCUT2D eigenvalue weighted by atomic mass is 9.97. The average molecular weight is 373 g/mol. The fourth-order valence-corrected chi connectivity index (χ4v) is 3.64. The van der Waals surface area contributed by atoms with Crippen LogP contribution in [0, 0.1) is 10.1 Å². The molecule has 26 heavy (non-hydrogen) atoms. The minimum Gasteiger partial charge on any atom is -0.465 e. The van der Waals surface area contributed by atoms with Gasteiger partial charge in [0.15, 0.2) is 0 Å². The molecule has 0 heterocycles. The number of aryl methyl sites for hydroxylation is 1. The third kappa shape index (κ3) is 5.08. The molecule has 6 heteroatoms. The molecule has 1 unspecified atom stereocenters. The second-order valence-electron chi connectivity index (χ2n) is 5.98. The summed E-state index contributed by atoms with van der Waals surface area (Å²) in [5, 5.41) is 11.5. The molecule has 0 aromatic heterocycles. The van der Waals surface area contributed by atoms with Gasteiger partial charge in [-0.15, -0.1) is 0 Å². The summed E-state index contributed by atoms with van der Waals surface area (Å²) in [7, 11) is 0. The summed E-state index contributed by atoms with van der Waals surface area (Å²) in [5.41, 5.74) is 1.61. The maximum atomic E-state index is 11.5. The molecule has 0 amide bonds. The summed E-state index contributed by atoms with van der Waals surface area (Å²) in [6, 6.07) is 13.4. The number of ether oxygens (including phenoxy) is 1. The van der Waals surface area contributed by atoms with Crippen LogP contribution in [0.25, 0.3) is 0 Å². The molecule has 5 nitrogen and oxygen atoms in total. The standard InChI is InChI=1S/C20H23NO4S/c1-4-15-11-18(21(23)24)17(14(3)13-25-20(22)5-2)12-19(15)26-16-9-7-6-8-10-16/h6-12,14H,4-5,13H2,1-3H3. The number of nitrogens with zero attached hydrogens (tertiary/aromatic N) is 1. The van der Waals surface area contributed by atoms with Crippen LogP contribution < -0.4 is 0 Å². The summed E-state index contributed by atoms with van der Waals surface area (Å²) < 4.78 is 5.19. The van der Waals surface area contributed by atoms with Crippen LogP contribution in [0.1, 0.15) is 44.2 Å². The highest BCUT2D eigenvalue weighted by atomic mass is 32.2. The first-order valence-electron chi connectivity index (χ1n) is 8.65. The molecule has 0 saturated heterocycles. The van der Waals surface area contributed by atoms with Crippen molar-refractivity contribution >= 4 is 23.4 Å². The Kier molecular flexibility index (Phi) is 7.21. The largest absolute Gasteiger partial charge is 0.465 e. The molecule has 0 spiro atoms. The summed E-state index contributed by atoms with van der Waals surface area (Å²) in [6.45, 7) is 5.68. The van der Waals surface area contributed by atoms with E-state index in [4.69, 9.17) is 4.74 Å². The second kappa shape index (κ2) is 9.38. The Morgan fingerprint density at radius 1 is 1.23 bits per heavy atom. The fourth-order valence-electron chi connectivity index (χ4n) is 2.58. The number of carbonyl (C=O) groups is 1. The van der Waals surface area contributed by atoms with E-state index in [2.05, 4.69) is 0 Å². The maximum absolute atomic E-state index is 11.5. The Morgan fingerprint density at radius 3 is 2.50 bits per heavy atom. The van der Waals surface area contributed by atoms with Crippen LogP contribution in [0.5, 0.6) is 0 Å². The van der Waals surface area contributed by atoms with Crippen molar-refractivity contribution in [1.29, 1.82) is 0 Å². The zero-order valence-electron chi connectivity index (χ0n) is 15.2. The molecule has 0 aliphatic rings.